The van der Waals surface area contributed by atoms with E-state index < -0.39 is 12.1 Å². The van der Waals surface area contributed by atoms with Crippen LogP contribution in [-0.4, -0.2) is 72.6 Å². The predicted molar refractivity (Wildman–Crippen MR) is 244 cm³/mol. The second-order valence-corrected chi connectivity index (χ2v) is 17.6. The van der Waals surface area contributed by atoms with Gasteiger partial charge >= 0.3 is 11.9 Å². The minimum absolute atomic E-state index is 0.0313. The highest BCUT2D eigenvalue weighted by molar-refractivity contribution is 5.85. The number of hydrogen-bond acceptors (Lipinski definition) is 6. The number of piperidine rings is 1. The fourth-order valence-electron chi connectivity index (χ4n) is 8.44. The van der Waals surface area contributed by atoms with Gasteiger partial charge < -0.3 is 19.3 Å². The lowest BCUT2D eigenvalue weighted by Crippen LogP contribution is -2.41. The van der Waals surface area contributed by atoms with E-state index in [2.05, 4.69) is 81.2 Å². The Morgan fingerprint density at radius 3 is 1.57 bits per heavy atom. The summed E-state index contributed by atoms with van der Waals surface area (Å²) in [4.78, 5) is 43.8. The van der Waals surface area contributed by atoms with Gasteiger partial charge in [-0.3, -0.25) is 9.59 Å². The summed E-state index contributed by atoms with van der Waals surface area (Å²) in [7, 11) is 0. The van der Waals surface area contributed by atoms with Gasteiger partial charge in [0.2, 0.25) is 5.91 Å². The normalized spacial score (nSPS) is 20.4. The molecular weight excluding hydrogens is 721 g/mol. The minimum Gasteiger partial charge on any atom is -0.464 e. The third kappa shape index (κ3) is 26.4. The van der Waals surface area contributed by atoms with Crippen LogP contribution in [0.15, 0.2) is 48.6 Å². The van der Waals surface area contributed by atoms with Crippen molar-refractivity contribution in [2.45, 2.75) is 213 Å². The van der Waals surface area contributed by atoms with E-state index in [1.165, 1.54) is 83.5 Å². The molecule has 7 nitrogen and oxygen atoms in total. The van der Waals surface area contributed by atoms with E-state index in [0.29, 0.717) is 44.2 Å². The van der Waals surface area contributed by atoms with Gasteiger partial charge in [0.05, 0.1) is 19.6 Å². The first-order chi connectivity index (χ1) is 28.3. The molecule has 0 aromatic heterocycles. The number of unbranched alkanes of at least 4 members (excludes halogenated alkanes) is 17. The van der Waals surface area contributed by atoms with Crippen LogP contribution >= 0.6 is 0 Å². The van der Waals surface area contributed by atoms with Crippen LogP contribution in [0.2, 0.25) is 0 Å². The topological polar surface area (TPSA) is 76.2 Å². The van der Waals surface area contributed by atoms with E-state index in [1.807, 2.05) is 0 Å². The van der Waals surface area contributed by atoms with Crippen LogP contribution in [0, 0.1) is 11.8 Å². The molecule has 0 bridgehead atoms. The Morgan fingerprint density at radius 2 is 1.03 bits per heavy atom. The molecule has 58 heavy (non-hydrogen) atoms. The molecule has 2 saturated heterocycles. The van der Waals surface area contributed by atoms with Gasteiger partial charge in [-0.05, 0) is 95.3 Å². The van der Waals surface area contributed by atoms with E-state index >= 15 is 0 Å². The molecule has 2 heterocycles. The van der Waals surface area contributed by atoms with Crippen molar-refractivity contribution >= 4 is 17.8 Å². The van der Waals surface area contributed by atoms with E-state index in [0.717, 1.165) is 83.7 Å². The number of carbonyl (C=O) groups is 3. The molecule has 0 radical (unpaired) electrons. The number of likely N-dealkylation sites (tertiary alicyclic amines) is 2. The Bertz CT molecular complexity index is 1170. The molecular formula is C51H88N2O5. The Labute approximate surface area is 356 Å². The molecule has 0 spiro atoms. The molecule has 0 N–H and O–H groups in total. The van der Waals surface area contributed by atoms with Gasteiger partial charge in [0.15, 0.2) is 0 Å². The number of hydrogen-bond donors (Lipinski definition) is 0. The summed E-state index contributed by atoms with van der Waals surface area (Å²) in [6.45, 7) is 12.4. The SMILES string of the molecule is CCCCC/C=C\C/C=C\CCCCCCCCOC(=O)C1CC(OC(=O)CCN2CC(C)CC(C)C2)CN1C(=O)CCCCCCC/C=C\C/C=C\CCCCC. The fourth-order valence-corrected chi connectivity index (χ4v) is 8.44. The maximum Gasteiger partial charge on any atom is 0.329 e. The lowest BCUT2D eigenvalue weighted by Gasteiger charge is -2.34. The van der Waals surface area contributed by atoms with Gasteiger partial charge in [0.25, 0.3) is 0 Å². The lowest BCUT2D eigenvalue weighted by molar-refractivity contribution is -0.153. The van der Waals surface area contributed by atoms with Crippen molar-refractivity contribution in [2.24, 2.45) is 11.8 Å². The van der Waals surface area contributed by atoms with Crippen molar-refractivity contribution in [2.75, 3.05) is 32.8 Å². The molecule has 7 heteroatoms. The molecule has 2 aliphatic heterocycles. The summed E-state index contributed by atoms with van der Waals surface area (Å²) >= 11 is 0. The maximum absolute atomic E-state index is 13.5. The van der Waals surface area contributed by atoms with E-state index in [9.17, 15) is 14.4 Å². The molecule has 2 rings (SSSR count). The van der Waals surface area contributed by atoms with Gasteiger partial charge in [0, 0.05) is 32.5 Å². The highest BCUT2D eigenvalue weighted by Gasteiger charge is 2.42. The summed E-state index contributed by atoms with van der Waals surface area (Å²) in [6.07, 6.45) is 46.5. The van der Waals surface area contributed by atoms with Crippen LogP contribution in [0.1, 0.15) is 201 Å². The maximum atomic E-state index is 13.5. The third-order valence-corrected chi connectivity index (χ3v) is 11.7. The fraction of sp³-hybridized carbons (Fsp3) is 0.784. The summed E-state index contributed by atoms with van der Waals surface area (Å²) in [6, 6.07) is -0.684. The van der Waals surface area contributed by atoms with Crippen LogP contribution in [0.25, 0.3) is 0 Å². The molecule has 0 aromatic carbocycles. The first-order valence-corrected chi connectivity index (χ1v) is 24.3. The number of esters is 2. The number of rotatable bonds is 34. The first kappa shape index (κ1) is 51.5. The minimum atomic E-state index is -0.684. The second-order valence-electron chi connectivity index (χ2n) is 17.6. The zero-order chi connectivity index (χ0) is 41.9. The first-order valence-electron chi connectivity index (χ1n) is 24.3. The van der Waals surface area contributed by atoms with E-state index in [4.69, 9.17) is 9.47 Å². The Kier molecular flexibility index (Phi) is 31.2. The van der Waals surface area contributed by atoms with Crippen molar-refractivity contribution < 1.29 is 23.9 Å². The number of amides is 1. The zero-order valence-electron chi connectivity index (χ0n) is 38.0. The van der Waals surface area contributed by atoms with Crippen molar-refractivity contribution in [3.63, 3.8) is 0 Å². The quantitative estimate of drug-likeness (QED) is 0.0366. The van der Waals surface area contributed by atoms with Crippen molar-refractivity contribution in [1.82, 2.24) is 9.80 Å². The highest BCUT2D eigenvalue weighted by Crippen LogP contribution is 2.25. The van der Waals surface area contributed by atoms with Crippen LogP contribution in [0.3, 0.4) is 0 Å². The zero-order valence-corrected chi connectivity index (χ0v) is 38.0. The van der Waals surface area contributed by atoms with Gasteiger partial charge in [-0.2, -0.15) is 0 Å². The molecule has 0 saturated carbocycles. The largest absolute Gasteiger partial charge is 0.464 e. The molecule has 4 atom stereocenters. The number of allylic oxidation sites excluding steroid dienone is 8. The summed E-state index contributed by atoms with van der Waals surface area (Å²) < 4.78 is 11.7. The number of carbonyl (C=O) groups excluding carboxylic acids is 3. The van der Waals surface area contributed by atoms with Crippen LogP contribution in [0.5, 0.6) is 0 Å². The Morgan fingerprint density at radius 1 is 0.552 bits per heavy atom. The van der Waals surface area contributed by atoms with Crippen LogP contribution < -0.4 is 0 Å². The smallest absolute Gasteiger partial charge is 0.329 e. The lowest BCUT2D eigenvalue weighted by atomic mass is 9.92. The van der Waals surface area contributed by atoms with Gasteiger partial charge in [-0.1, -0.05) is 147 Å². The monoisotopic (exact) mass is 809 g/mol. The summed E-state index contributed by atoms with van der Waals surface area (Å²) in [5, 5.41) is 0. The third-order valence-electron chi connectivity index (χ3n) is 11.7. The summed E-state index contributed by atoms with van der Waals surface area (Å²) in [5.41, 5.74) is 0. The number of nitrogens with zero attached hydrogens (tertiary/aromatic N) is 2. The van der Waals surface area contributed by atoms with E-state index in [-0.39, 0.29) is 24.4 Å². The summed E-state index contributed by atoms with van der Waals surface area (Å²) in [5.74, 6) is 0.639. The average Bonchev–Trinajstić information content (AvgIpc) is 3.63. The van der Waals surface area contributed by atoms with Crippen molar-refractivity contribution in [3.8, 4) is 0 Å². The van der Waals surface area contributed by atoms with E-state index in [1.54, 1.807) is 4.90 Å². The highest BCUT2D eigenvalue weighted by atomic mass is 16.5. The average molecular weight is 809 g/mol. The van der Waals surface area contributed by atoms with Crippen LogP contribution in [-0.2, 0) is 23.9 Å². The molecule has 2 fully saturated rings. The van der Waals surface area contributed by atoms with Crippen molar-refractivity contribution in [3.05, 3.63) is 48.6 Å². The molecule has 1 amide bonds. The second kappa shape index (κ2) is 35.1. The predicted octanol–water partition coefficient (Wildman–Crippen LogP) is 13.0. The Hall–Kier alpha value is -2.67. The molecule has 2 aliphatic rings. The van der Waals surface area contributed by atoms with Crippen molar-refractivity contribution in [1.29, 1.82) is 0 Å². The van der Waals surface area contributed by atoms with Gasteiger partial charge in [-0.15, -0.1) is 0 Å². The molecule has 332 valence electrons. The Balaban J connectivity index is 1.70. The molecule has 0 aliphatic carbocycles. The molecule has 0 aromatic rings. The van der Waals surface area contributed by atoms with Gasteiger partial charge in [-0.25, -0.2) is 4.79 Å². The molecule has 4 unspecified atom stereocenters. The van der Waals surface area contributed by atoms with Gasteiger partial charge in [0.1, 0.15) is 12.1 Å². The standard InChI is InChI=1S/C51H88N2O5/c1-5-7-9-11-13-15-17-19-21-23-25-27-29-31-33-35-39-57-51(56)48-41-47(58-50(55)37-38-52-42-45(3)40-46(4)43-52)44-53(48)49(54)36-34-32-30-28-26-24-22-20-18-16-14-12-10-8-6-2/h13-16,19-22,45-48H,5-12,17-18,23-44H2,1-4H3/b15-13-,16-14-,21-19-,22-20-. The number of ether oxygens (including phenoxy) is 2. The van der Waals surface area contributed by atoms with Crippen LogP contribution in [0.4, 0.5) is 0 Å².